The minimum absolute atomic E-state index is 0.477. The summed E-state index contributed by atoms with van der Waals surface area (Å²) in [5.74, 6) is 1.19. The number of aromatic hydroxyl groups is 1. The van der Waals surface area contributed by atoms with Crippen LogP contribution in [0.4, 0.5) is 0 Å². The van der Waals surface area contributed by atoms with Gasteiger partial charge >= 0.3 is 0 Å². The van der Waals surface area contributed by atoms with Crippen LogP contribution < -0.4 is 5.73 Å². The van der Waals surface area contributed by atoms with Gasteiger partial charge in [0.15, 0.2) is 0 Å². The summed E-state index contributed by atoms with van der Waals surface area (Å²) in [5.41, 5.74) is 8.03. The zero-order valence-electron chi connectivity index (χ0n) is 9.08. The van der Waals surface area contributed by atoms with Crippen LogP contribution in [0.15, 0.2) is 18.2 Å². The summed E-state index contributed by atoms with van der Waals surface area (Å²) >= 11 is 0. The number of fused-ring (bicyclic) bond motifs is 1. The number of hydrogen-bond donors (Lipinski definition) is 2. The van der Waals surface area contributed by atoms with Crippen molar-refractivity contribution in [2.45, 2.75) is 32.1 Å². The van der Waals surface area contributed by atoms with Gasteiger partial charge in [-0.3, -0.25) is 0 Å². The van der Waals surface area contributed by atoms with E-state index in [1.165, 1.54) is 24.0 Å². The second-order valence-electron chi connectivity index (χ2n) is 4.45. The second kappa shape index (κ2) is 4.67. The molecule has 1 atom stereocenters. The molecule has 1 aromatic rings. The van der Waals surface area contributed by atoms with Gasteiger partial charge in [0.25, 0.3) is 0 Å². The molecule has 82 valence electrons. The van der Waals surface area contributed by atoms with Crippen molar-refractivity contribution in [3.63, 3.8) is 0 Å². The van der Waals surface area contributed by atoms with E-state index in [1.807, 2.05) is 6.07 Å². The summed E-state index contributed by atoms with van der Waals surface area (Å²) in [6.07, 6.45) is 5.69. The number of phenols is 1. The van der Waals surface area contributed by atoms with Crippen molar-refractivity contribution in [2.24, 2.45) is 11.7 Å². The largest absolute Gasteiger partial charge is 0.508 e. The number of nitrogens with two attached hydrogens (primary N) is 1. The molecule has 2 rings (SSSR count). The molecule has 0 fully saturated rings. The number of benzene rings is 1. The molecule has 15 heavy (non-hydrogen) atoms. The third kappa shape index (κ3) is 2.32. The maximum absolute atomic E-state index is 9.77. The van der Waals surface area contributed by atoms with Gasteiger partial charge in [-0.25, -0.2) is 0 Å². The average Bonchev–Trinajstić information content (AvgIpc) is 2.27. The predicted octanol–water partition coefficient (Wildman–Crippen LogP) is 2.24. The zero-order chi connectivity index (χ0) is 10.7. The van der Waals surface area contributed by atoms with Gasteiger partial charge in [-0.05, 0) is 61.8 Å². The Balaban J connectivity index is 2.08. The molecule has 0 heterocycles. The molecule has 0 aromatic heterocycles. The first-order chi connectivity index (χ1) is 7.31. The van der Waals surface area contributed by atoms with E-state index in [0.29, 0.717) is 11.7 Å². The number of rotatable bonds is 3. The van der Waals surface area contributed by atoms with Gasteiger partial charge < -0.3 is 10.8 Å². The Morgan fingerprint density at radius 3 is 3.07 bits per heavy atom. The number of hydrogen-bond acceptors (Lipinski definition) is 2. The van der Waals surface area contributed by atoms with E-state index in [0.717, 1.165) is 25.8 Å². The van der Waals surface area contributed by atoms with Crippen LogP contribution in [0.1, 0.15) is 30.4 Å². The van der Waals surface area contributed by atoms with E-state index in [2.05, 4.69) is 6.07 Å². The molecule has 2 heteroatoms. The van der Waals surface area contributed by atoms with E-state index in [1.54, 1.807) is 6.07 Å². The molecule has 0 saturated heterocycles. The lowest BCUT2D eigenvalue weighted by molar-refractivity contribution is 0.398. The smallest absolute Gasteiger partial charge is 0.119 e. The average molecular weight is 205 g/mol. The Morgan fingerprint density at radius 2 is 2.27 bits per heavy atom. The summed E-state index contributed by atoms with van der Waals surface area (Å²) < 4.78 is 0. The molecular formula is C13H19NO. The lowest BCUT2D eigenvalue weighted by Gasteiger charge is -2.25. The number of phenolic OH excluding ortho intramolecular Hbond substituents is 1. The highest BCUT2D eigenvalue weighted by Crippen LogP contribution is 2.33. The van der Waals surface area contributed by atoms with Gasteiger partial charge in [0.1, 0.15) is 5.75 Å². The maximum Gasteiger partial charge on any atom is 0.119 e. The van der Waals surface area contributed by atoms with Crippen molar-refractivity contribution in [1.82, 2.24) is 0 Å². The normalized spacial score (nSPS) is 19.9. The number of aryl methyl sites for hydroxylation is 1. The Bertz CT molecular complexity index is 335. The first-order valence-corrected chi connectivity index (χ1v) is 5.81. The van der Waals surface area contributed by atoms with Gasteiger partial charge in [-0.1, -0.05) is 12.1 Å². The second-order valence-corrected chi connectivity index (χ2v) is 4.45. The predicted molar refractivity (Wildman–Crippen MR) is 61.9 cm³/mol. The van der Waals surface area contributed by atoms with Gasteiger partial charge in [0.05, 0.1) is 0 Å². The minimum atomic E-state index is 0.477. The quantitative estimate of drug-likeness (QED) is 0.795. The Morgan fingerprint density at radius 1 is 1.40 bits per heavy atom. The zero-order valence-corrected chi connectivity index (χ0v) is 9.08. The highest BCUT2D eigenvalue weighted by molar-refractivity contribution is 5.40. The molecule has 0 saturated carbocycles. The Hall–Kier alpha value is -1.02. The fourth-order valence-electron chi connectivity index (χ4n) is 2.49. The monoisotopic (exact) mass is 205 g/mol. The molecule has 1 aliphatic rings. The van der Waals surface area contributed by atoms with Crippen molar-refractivity contribution < 1.29 is 5.11 Å². The molecule has 1 unspecified atom stereocenters. The summed E-state index contributed by atoms with van der Waals surface area (Å²) in [6.45, 7) is 0.782. The molecular weight excluding hydrogens is 186 g/mol. The van der Waals surface area contributed by atoms with E-state index in [9.17, 15) is 5.11 Å². The van der Waals surface area contributed by atoms with Crippen LogP contribution in [0.2, 0.25) is 0 Å². The lowest BCUT2D eigenvalue weighted by atomic mass is 9.81. The topological polar surface area (TPSA) is 46.2 Å². The van der Waals surface area contributed by atoms with Crippen LogP contribution >= 0.6 is 0 Å². The fraction of sp³-hybridized carbons (Fsp3) is 0.538. The molecule has 0 bridgehead atoms. The first kappa shape index (κ1) is 10.5. The van der Waals surface area contributed by atoms with E-state index in [-0.39, 0.29) is 0 Å². The molecule has 0 amide bonds. The summed E-state index contributed by atoms with van der Waals surface area (Å²) in [5, 5.41) is 9.77. The van der Waals surface area contributed by atoms with Gasteiger partial charge in [0.2, 0.25) is 0 Å². The van der Waals surface area contributed by atoms with Crippen LogP contribution in [0, 0.1) is 5.92 Å². The molecule has 2 nitrogen and oxygen atoms in total. The van der Waals surface area contributed by atoms with Crippen molar-refractivity contribution in [3.05, 3.63) is 29.3 Å². The Labute approximate surface area is 91.1 Å². The van der Waals surface area contributed by atoms with Crippen molar-refractivity contribution >= 4 is 0 Å². The standard InChI is InChI=1S/C13H19NO/c14-8-2-3-10-6-7-11-4-1-5-13(15)12(11)9-10/h1,4-5,10,15H,2-3,6-9,14H2. The summed E-state index contributed by atoms with van der Waals surface area (Å²) in [4.78, 5) is 0. The third-order valence-corrected chi connectivity index (χ3v) is 3.38. The van der Waals surface area contributed by atoms with Crippen molar-refractivity contribution in [1.29, 1.82) is 0 Å². The van der Waals surface area contributed by atoms with E-state index < -0.39 is 0 Å². The molecule has 0 aliphatic heterocycles. The lowest BCUT2D eigenvalue weighted by Crippen LogP contribution is -2.15. The highest BCUT2D eigenvalue weighted by atomic mass is 16.3. The summed E-state index contributed by atoms with van der Waals surface area (Å²) in [6, 6.07) is 5.87. The van der Waals surface area contributed by atoms with Crippen molar-refractivity contribution in [3.8, 4) is 5.75 Å². The van der Waals surface area contributed by atoms with Crippen molar-refractivity contribution in [2.75, 3.05) is 6.54 Å². The van der Waals surface area contributed by atoms with Crippen LogP contribution in [-0.4, -0.2) is 11.7 Å². The van der Waals surface area contributed by atoms with Crippen LogP contribution in [0.5, 0.6) is 5.75 Å². The van der Waals surface area contributed by atoms with Gasteiger partial charge in [-0.2, -0.15) is 0 Å². The molecule has 0 spiro atoms. The third-order valence-electron chi connectivity index (χ3n) is 3.38. The van der Waals surface area contributed by atoms with E-state index in [4.69, 9.17) is 5.73 Å². The first-order valence-electron chi connectivity index (χ1n) is 5.81. The van der Waals surface area contributed by atoms with Gasteiger partial charge in [-0.15, -0.1) is 0 Å². The molecule has 1 aromatic carbocycles. The fourth-order valence-corrected chi connectivity index (χ4v) is 2.49. The molecule has 0 radical (unpaired) electrons. The maximum atomic E-state index is 9.77. The molecule has 1 aliphatic carbocycles. The summed E-state index contributed by atoms with van der Waals surface area (Å²) in [7, 11) is 0. The van der Waals surface area contributed by atoms with Gasteiger partial charge in [0, 0.05) is 0 Å². The minimum Gasteiger partial charge on any atom is -0.508 e. The molecule has 3 N–H and O–H groups in total. The van der Waals surface area contributed by atoms with Crippen LogP contribution in [-0.2, 0) is 12.8 Å². The van der Waals surface area contributed by atoms with E-state index >= 15 is 0 Å². The SMILES string of the molecule is NCCCC1CCc2cccc(O)c2C1. The highest BCUT2D eigenvalue weighted by Gasteiger charge is 2.20. The Kier molecular flexibility index (Phi) is 3.27. The van der Waals surface area contributed by atoms with Crippen LogP contribution in [0.3, 0.4) is 0 Å². The van der Waals surface area contributed by atoms with Crippen LogP contribution in [0.25, 0.3) is 0 Å².